The number of ether oxygens (including phenoxy) is 2. The summed E-state index contributed by atoms with van der Waals surface area (Å²) in [6, 6.07) is 19.4. The van der Waals surface area contributed by atoms with Crippen LogP contribution in [0.4, 0.5) is 5.88 Å². The SMILES string of the molecule is CC(C)(C)N(Cc1ccc(OCc2ccccc2)cc1)C(=O)COC(=O)c1ccc([N+](=O)[O-])o1. The topological polar surface area (TPSA) is 112 Å². The molecule has 2 aromatic carbocycles. The number of carbonyl (C=O) groups excluding carboxylic acids is 2. The zero-order valence-corrected chi connectivity index (χ0v) is 19.2. The molecular weight excluding hydrogens is 440 g/mol. The van der Waals surface area contributed by atoms with Crippen molar-refractivity contribution in [1.29, 1.82) is 0 Å². The molecule has 0 N–H and O–H groups in total. The maximum atomic E-state index is 12.9. The normalized spacial score (nSPS) is 11.0. The third kappa shape index (κ3) is 6.68. The van der Waals surface area contributed by atoms with E-state index >= 15 is 0 Å². The molecule has 0 bridgehead atoms. The molecule has 1 heterocycles. The van der Waals surface area contributed by atoms with Crippen molar-refractivity contribution in [1.82, 2.24) is 4.90 Å². The second-order valence-electron chi connectivity index (χ2n) is 8.54. The lowest BCUT2D eigenvalue weighted by molar-refractivity contribution is -0.402. The molecule has 9 nitrogen and oxygen atoms in total. The van der Waals surface area contributed by atoms with Crippen LogP contribution in [0.3, 0.4) is 0 Å². The zero-order valence-electron chi connectivity index (χ0n) is 19.2. The highest BCUT2D eigenvalue weighted by molar-refractivity contribution is 5.89. The fraction of sp³-hybridized carbons (Fsp3) is 0.280. The molecule has 0 atom stereocenters. The summed E-state index contributed by atoms with van der Waals surface area (Å²) in [4.78, 5) is 36.5. The van der Waals surface area contributed by atoms with Crippen LogP contribution in [0.5, 0.6) is 5.75 Å². The highest BCUT2D eigenvalue weighted by atomic mass is 16.7. The molecule has 3 rings (SSSR count). The molecule has 0 unspecified atom stereocenters. The Morgan fingerprint density at radius 3 is 2.24 bits per heavy atom. The van der Waals surface area contributed by atoms with E-state index in [1.165, 1.54) is 0 Å². The molecule has 0 aliphatic heterocycles. The van der Waals surface area contributed by atoms with Crippen LogP contribution in [0.2, 0.25) is 0 Å². The third-order valence-electron chi connectivity index (χ3n) is 4.92. The maximum Gasteiger partial charge on any atom is 0.433 e. The van der Waals surface area contributed by atoms with Gasteiger partial charge in [0, 0.05) is 12.1 Å². The van der Waals surface area contributed by atoms with Gasteiger partial charge in [0.05, 0.1) is 6.07 Å². The van der Waals surface area contributed by atoms with E-state index in [1.54, 1.807) is 4.90 Å². The number of hydrogen-bond donors (Lipinski definition) is 0. The monoisotopic (exact) mass is 466 g/mol. The number of nitrogens with zero attached hydrogens (tertiary/aromatic N) is 2. The van der Waals surface area contributed by atoms with Gasteiger partial charge < -0.3 is 18.8 Å². The number of furan rings is 1. The molecule has 1 aromatic heterocycles. The Morgan fingerprint density at radius 2 is 1.65 bits per heavy atom. The first-order valence-corrected chi connectivity index (χ1v) is 10.6. The molecule has 178 valence electrons. The molecule has 3 aromatic rings. The molecule has 0 fully saturated rings. The molecule has 1 amide bonds. The fourth-order valence-corrected chi connectivity index (χ4v) is 3.13. The largest absolute Gasteiger partial charge is 0.489 e. The Morgan fingerprint density at radius 1 is 0.971 bits per heavy atom. The Hall–Kier alpha value is -4.14. The van der Waals surface area contributed by atoms with Crippen LogP contribution in [0, 0.1) is 10.1 Å². The van der Waals surface area contributed by atoms with Crippen molar-refractivity contribution < 1.29 is 28.4 Å². The van der Waals surface area contributed by atoms with Gasteiger partial charge in [0.25, 0.3) is 5.91 Å². The van der Waals surface area contributed by atoms with Gasteiger partial charge in [0.15, 0.2) is 6.61 Å². The average molecular weight is 466 g/mol. The van der Waals surface area contributed by atoms with Crippen molar-refractivity contribution in [3.8, 4) is 5.75 Å². The van der Waals surface area contributed by atoms with E-state index in [2.05, 4.69) is 0 Å². The number of rotatable bonds is 9. The lowest BCUT2D eigenvalue weighted by Gasteiger charge is -2.35. The van der Waals surface area contributed by atoms with Crippen molar-refractivity contribution in [3.05, 3.63) is 93.7 Å². The average Bonchev–Trinajstić information content (AvgIpc) is 3.31. The summed E-state index contributed by atoms with van der Waals surface area (Å²) in [5.74, 6) is -1.57. The van der Waals surface area contributed by atoms with Crippen LogP contribution < -0.4 is 4.74 Å². The first-order valence-electron chi connectivity index (χ1n) is 10.6. The third-order valence-corrected chi connectivity index (χ3v) is 4.92. The number of benzene rings is 2. The summed E-state index contributed by atoms with van der Waals surface area (Å²) in [6.07, 6.45) is 0. The predicted octanol–water partition coefficient (Wildman–Crippen LogP) is 4.75. The van der Waals surface area contributed by atoms with E-state index in [0.29, 0.717) is 18.9 Å². The van der Waals surface area contributed by atoms with E-state index in [4.69, 9.17) is 13.9 Å². The van der Waals surface area contributed by atoms with Crippen LogP contribution >= 0.6 is 0 Å². The lowest BCUT2D eigenvalue weighted by Crippen LogP contribution is -2.46. The smallest absolute Gasteiger partial charge is 0.433 e. The summed E-state index contributed by atoms with van der Waals surface area (Å²) >= 11 is 0. The standard InChI is InChI=1S/C25H26N2O7/c1-25(2,3)26(22(28)17-33-24(29)21-13-14-23(34-21)27(30)31)15-18-9-11-20(12-10-18)32-16-19-7-5-4-6-8-19/h4-14H,15-17H2,1-3H3. The molecule has 9 heteroatoms. The van der Waals surface area contributed by atoms with Gasteiger partial charge >= 0.3 is 11.9 Å². The van der Waals surface area contributed by atoms with Gasteiger partial charge in [-0.3, -0.25) is 14.9 Å². The van der Waals surface area contributed by atoms with Crippen LogP contribution in [0.1, 0.15) is 42.5 Å². The van der Waals surface area contributed by atoms with E-state index in [-0.39, 0.29) is 5.76 Å². The summed E-state index contributed by atoms with van der Waals surface area (Å²) in [5, 5.41) is 10.7. The highest BCUT2D eigenvalue weighted by Crippen LogP contribution is 2.21. The van der Waals surface area contributed by atoms with E-state index in [0.717, 1.165) is 23.3 Å². The second kappa shape index (κ2) is 10.7. The van der Waals surface area contributed by atoms with Gasteiger partial charge in [-0.15, -0.1) is 0 Å². The number of hydrogen-bond acceptors (Lipinski definition) is 7. The number of amides is 1. The van der Waals surface area contributed by atoms with Gasteiger partial charge in [0.2, 0.25) is 5.76 Å². The first-order chi connectivity index (χ1) is 16.1. The van der Waals surface area contributed by atoms with Gasteiger partial charge in [0.1, 0.15) is 17.3 Å². The molecule has 0 aliphatic rings. The fourth-order valence-electron chi connectivity index (χ4n) is 3.13. The molecule has 0 radical (unpaired) electrons. The Bertz CT molecular complexity index is 1130. The van der Waals surface area contributed by atoms with E-state index in [9.17, 15) is 19.7 Å². The minimum absolute atomic E-state index is 0.297. The highest BCUT2D eigenvalue weighted by Gasteiger charge is 2.28. The van der Waals surface area contributed by atoms with Gasteiger partial charge in [-0.05, 0) is 50.1 Å². The van der Waals surface area contributed by atoms with Crippen molar-refractivity contribution >= 4 is 17.8 Å². The van der Waals surface area contributed by atoms with Gasteiger partial charge in [-0.25, -0.2) is 4.79 Å². The van der Waals surface area contributed by atoms with Crippen LogP contribution in [-0.4, -0.2) is 33.8 Å². The predicted molar refractivity (Wildman–Crippen MR) is 123 cm³/mol. The van der Waals surface area contributed by atoms with Crippen molar-refractivity contribution in [2.75, 3.05) is 6.61 Å². The van der Waals surface area contributed by atoms with Crippen molar-refractivity contribution in [3.63, 3.8) is 0 Å². The Balaban J connectivity index is 1.58. The van der Waals surface area contributed by atoms with E-state index in [1.807, 2.05) is 75.4 Å². The molecule has 0 saturated carbocycles. The summed E-state index contributed by atoms with van der Waals surface area (Å²) < 4.78 is 15.6. The number of nitro groups is 1. The van der Waals surface area contributed by atoms with Gasteiger partial charge in [-0.2, -0.15) is 0 Å². The van der Waals surface area contributed by atoms with Gasteiger partial charge in [-0.1, -0.05) is 42.5 Å². The lowest BCUT2D eigenvalue weighted by atomic mass is 10.0. The molecule has 0 spiro atoms. The quantitative estimate of drug-likeness (QED) is 0.254. The van der Waals surface area contributed by atoms with E-state index < -0.39 is 34.8 Å². The Kier molecular flexibility index (Phi) is 7.68. The Labute approximate surface area is 197 Å². The van der Waals surface area contributed by atoms with Crippen molar-refractivity contribution in [2.45, 2.75) is 39.5 Å². The number of esters is 1. The molecular formula is C25H26N2O7. The van der Waals surface area contributed by atoms with Crippen molar-refractivity contribution in [2.24, 2.45) is 0 Å². The second-order valence-corrected chi connectivity index (χ2v) is 8.54. The summed E-state index contributed by atoms with van der Waals surface area (Å²) in [6.45, 7) is 5.85. The van der Waals surface area contributed by atoms with Crippen LogP contribution in [0.15, 0.2) is 71.1 Å². The summed E-state index contributed by atoms with van der Waals surface area (Å²) in [5.41, 5.74) is 1.40. The molecule has 0 saturated heterocycles. The minimum Gasteiger partial charge on any atom is -0.489 e. The van der Waals surface area contributed by atoms with Crippen LogP contribution in [-0.2, 0) is 22.7 Å². The minimum atomic E-state index is -0.949. The maximum absolute atomic E-state index is 12.9. The first kappa shape index (κ1) is 24.5. The molecule has 34 heavy (non-hydrogen) atoms. The molecule has 0 aliphatic carbocycles. The summed E-state index contributed by atoms with van der Waals surface area (Å²) in [7, 11) is 0. The van der Waals surface area contributed by atoms with Crippen LogP contribution in [0.25, 0.3) is 0 Å². The number of carbonyl (C=O) groups is 2. The zero-order chi connectivity index (χ0) is 24.7.